The fourth-order valence-corrected chi connectivity index (χ4v) is 3.14. The summed E-state index contributed by atoms with van der Waals surface area (Å²) < 4.78 is 0. The Hall–Kier alpha value is -1.64. The Balaban J connectivity index is 1.77. The van der Waals surface area contributed by atoms with Gasteiger partial charge in [0.25, 0.3) is 0 Å². The summed E-state index contributed by atoms with van der Waals surface area (Å²) in [5.74, 6) is 6.42. The molecule has 20 heavy (non-hydrogen) atoms. The maximum atomic E-state index is 5.79. The average Bonchev–Trinajstić information content (AvgIpc) is 2.44. The lowest BCUT2D eigenvalue weighted by atomic mass is 9.74. The van der Waals surface area contributed by atoms with E-state index in [2.05, 4.69) is 61.7 Å². The van der Waals surface area contributed by atoms with Crippen LogP contribution < -0.4 is 11.3 Å². The van der Waals surface area contributed by atoms with Gasteiger partial charge in [0, 0.05) is 6.04 Å². The van der Waals surface area contributed by atoms with E-state index in [0.29, 0.717) is 5.92 Å². The minimum absolute atomic E-state index is 0.229. The minimum Gasteiger partial charge on any atom is -0.271 e. The number of aryl methyl sites for hydroxylation is 2. The molecule has 0 radical (unpaired) electrons. The van der Waals surface area contributed by atoms with Crippen LogP contribution in [0.25, 0.3) is 0 Å². The van der Waals surface area contributed by atoms with Crippen molar-refractivity contribution in [3.8, 4) is 0 Å². The highest BCUT2D eigenvalue weighted by molar-refractivity contribution is 5.40. The Morgan fingerprint density at radius 2 is 1.95 bits per heavy atom. The summed E-state index contributed by atoms with van der Waals surface area (Å²) in [6.45, 7) is 4.30. The SMILES string of the molecule is Cc1ccc(C(CC2Cc3ccccc32)NN)cc1C. The monoisotopic (exact) mass is 266 g/mol. The molecule has 0 heterocycles. The maximum Gasteiger partial charge on any atom is 0.0466 e. The predicted molar refractivity (Wildman–Crippen MR) is 83.5 cm³/mol. The van der Waals surface area contributed by atoms with E-state index in [1.807, 2.05) is 0 Å². The van der Waals surface area contributed by atoms with E-state index in [0.717, 1.165) is 6.42 Å². The van der Waals surface area contributed by atoms with Gasteiger partial charge in [0.2, 0.25) is 0 Å². The molecule has 0 aliphatic heterocycles. The zero-order valence-electron chi connectivity index (χ0n) is 12.2. The zero-order chi connectivity index (χ0) is 14.1. The third-order valence-electron chi connectivity index (χ3n) is 4.62. The Morgan fingerprint density at radius 1 is 1.15 bits per heavy atom. The summed E-state index contributed by atoms with van der Waals surface area (Å²) in [6, 6.07) is 15.6. The number of hydrogen-bond donors (Lipinski definition) is 2. The van der Waals surface area contributed by atoms with E-state index in [4.69, 9.17) is 5.84 Å². The molecule has 0 bridgehead atoms. The van der Waals surface area contributed by atoms with E-state index < -0.39 is 0 Å². The van der Waals surface area contributed by atoms with Crippen molar-refractivity contribution in [2.24, 2.45) is 5.84 Å². The molecule has 0 saturated heterocycles. The normalized spacial score (nSPS) is 18.2. The van der Waals surface area contributed by atoms with Crippen LogP contribution in [0.15, 0.2) is 42.5 Å². The first-order valence-electron chi connectivity index (χ1n) is 7.30. The van der Waals surface area contributed by atoms with Crippen molar-refractivity contribution in [1.82, 2.24) is 5.43 Å². The van der Waals surface area contributed by atoms with Crippen molar-refractivity contribution in [1.29, 1.82) is 0 Å². The van der Waals surface area contributed by atoms with Crippen LogP contribution in [0.4, 0.5) is 0 Å². The molecule has 2 atom stereocenters. The Morgan fingerprint density at radius 3 is 2.65 bits per heavy atom. The molecule has 0 saturated carbocycles. The van der Waals surface area contributed by atoms with Gasteiger partial charge in [0.15, 0.2) is 0 Å². The Labute approximate surface area is 121 Å². The molecule has 0 fully saturated rings. The summed E-state index contributed by atoms with van der Waals surface area (Å²) in [4.78, 5) is 0. The Bertz CT molecular complexity index is 619. The molecule has 0 amide bonds. The number of benzene rings is 2. The number of hydrogen-bond acceptors (Lipinski definition) is 2. The van der Waals surface area contributed by atoms with Gasteiger partial charge in [-0.3, -0.25) is 11.3 Å². The van der Waals surface area contributed by atoms with Gasteiger partial charge in [0.1, 0.15) is 0 Å². The molecule has 0 aromatic heterocycles. The summed E-state index contributed by atoms with van der Waals surface area (Å²) in [6.07, 6.45) is 2.25. The lowest BCUT2D eigenvalue weighted by molar-refractivity contribution is 0.435. The molecule has 1 aliphatic rings. The van der Waals surface area contributed by atoms with Crippen LogP contribution in [0.2, 0.25) is 0 Å². The highest BCUT2D eigenvalue weighted by atomic mass is 15.2. The topological polar surface area (TPSA) is 38.0 Å². The van der Waals surface area contributed by atoms with Gasteiger partial charge < -0.3 is 0 Å². The lowest BCUT2D eigenvalue weighted by Gasteiger charge is -2.33. The van der Waals surface area contributed by atoms with Gasteiger partial charge in [0.05, 0.1) is 0 Å². The van der Waals surface area contributed by atoms with Gasteiger partial charge in [-0.1, -0.05) is 42.5 Å². The quantitative estimate of drug-likeness (QED) is 0.656. The van der Waals surface area contributed by atoms with Crippen LogP contribution in [-0.2, 0) is 6.42 Å². The van der Waals surface area contributed by atoms with E-state index in [-0.39, 0.29) is 6.04 Å². The molecule has 2 heteroatoms. The largest absolute Gasteiger partial charge is 0.271 e. The summed E-state index contributed by atoms with van der Waals surface area (Å²) in [5.41, 5.74) is 9.94. The number of rotatable bonds is 4. The number of hydrazine groups is 1. The fraction of sp³-hybridized carbons (Fsp3) is 0.333. The van der Waals surface area contributed by atoms with Crippen LogP contribution in [0.5, 0.6) is 0 Å². The van der Waals surface area contributed by atoms with Crippen molar-refractivity contribution in [2.45, 2.75) is 38.6 Å². The van der Waals surface area contributed by atoms with E-state index in [9.17, 15) is 0 Å². The number of nitrogens with two attached hydrogens (primary N) is 1. The third kappa shape index (κ3) is 2.37. The summed E-state index contributed by atoms with van der Waals surface area (Å²) in [5, 5.41) is 0. The smallest absolute Gasteiger partial charge is 0.0466 e. The van der Waals surface area contributed by atoms with E-state index >= 15 is 0 Å². The maximum absolute atomic E-state index is 5.79. The fourth-order valence-electron chi connectivity index (χ4n) is 3.14. The summed E-state index contributed by atoms with van der Waals surface area (Å²) >= 11 is 0. The zero-order valence-corrected chi connectivity index (χ0v) is 12.2. The van der Waals surface area contributed by atoms with Gasteiger partial charge in [-0.25, -0.2) is 0 Å². The molecular formula is C18H22N2. The van der Waals surface area contributed by atoms with Gasteiger partial charge >= 0.3 is 0 Å². The first kappa shape index (κ1) is 13.3. The highest BCUT2D eigenvalue weighted by Crippen LogP contribution is 2.40. The average molecular weight is 266 g/mol. The minimum atomic E-state index is 0.229. The van der Waals surface area contributed by atoms with Crippen LogP contribution in [0, 0.1) is 13.8 Å². The van der Waals surface area contributed by atoms with Crippen LogP contribution >= 0.6 is 0 Å². The molecule has 3 rings (SSSR count). The first-order valence-corrected chi connectivity index (χ1v) is 7.30. The van der Waals surface area contributed by atoms with Crippen LogP contribution in [-0.4, -0.2) is 0 Å². The third-order valence-corrected chi connectivity index (χ3v) is 4.62. The van der Waals surface area contributed by atoms with Crippen molar-refractivity contribution in [3.05, 3.63) is 70.3 Å². The second-order valence-corrected chi connectivity index (χ2v) is 5.90. The van der Waals surface area contributed by atoms with Gasteiger partial charge in [-0.2, -0.15) is 0 Å². The summed E-state index contributed by atoms with van der Waals surface area (Å²) in [7, 11) is 0. The predicted octanol–water partition coefficient (Wildman–Crippen LogP) is 3.54. The van der Waals surface area contributed by atoms with Gasteiger partial charge in [-0.05, 0) is 60.4 Å². The van der Waals surface area contributed by atoms with E-state index in [1.165, 1.54) is 34.2 Å². The van der Waals surface area contributed by atoms with Crippen LogP contribution in [0.1, 0.15) is 46.2 Å². The van der Waals surface area contributed by atoms with Crippen molar-refractivity contribution in [3.63, 3.8) is 0 Å². The molecule has 2 aromatic carbocycles. The van der Waals surface area contributed by atoms with Crippen molar-refractivity contribution in [2.75, 3.05) is 0 Å². The first-order chi connectivity index (χ1) is 9.69. The standard InChI is InChI=1S/C18H22N2/c1-12-7-8-15(9-13(12)2)18(20-19)11-16-10-14-5-3-4-6-17(14)16/h3-9,16,18,20H,10-11,19H2,1-2H3. The van der Waals surface area contributed by atoms with Gasteiger partial charge in [-0.15, -0.1) is 0 Å². The number of nitrogens with one attached hydrogen (secondary N) is 1. The number of fused-ring (bicyclic) bond motifs is 1. The lowest BCUT2D eigenvalue weighted by Crippen LogP contribution is -2.31. The molecular weight excluding hydrogens is 244 g/mol. The molecule has 0 spiro atoms. The molecule has 3 N–H and O–H groups in total. The second-order valence-electron chi connectivity index (χ2n) is 5.90. The van der Waals surface area contributed by atoms with Crippen LogP contribution in [0.3, 0.4) is 0 Å². The molecule has 2 nitrogen and oxygen atoms in total. The highest BCUT2D eigenvalue weighted by Gasteiger charge is 2.28. The molecule has 2 unspecified atom stereocenters. The second kappa shape index (κ2) is 5.39. The Kier molecular flexibility index (Phi) is 3.60. The molecule has 104 valence electrons. The molecule has 1 aliphatic carbocycles. The van der Waals surface area contributed by atoms with E-state index in [1.54, 1.807) is 0 Å². The van der Waals surface area contributed by atoms with Crippen molar-refractivity contribution >= 4 is 0 Å². The van der Waals surface area contributed by atoms with Crippen molar-refractivity contribution < 1.29 is 0 Å². The molecule has 2 aromatic rings.